The molecule has 0 aliphatic rings. The first-order chi connectivity index (χ1) is 17.1. The molecule has 0 aliphatic carbocycles. The first kappa shape index (κ1) is 34.2. The molecule has 2 amide bonds. The van der Waals surface area contributed by atoms with Crippen molar-refractivity contribution in [1.82, 2.24) is 0 Å². The Morgan fingerprint density at radius 2 is 0.857 bits per heavy atom. The summed E-state index contributed by atoms with van der Waals surface area (Å²) in [5.41, 5.74) is 0. The molecule has 0 aromatic heterocycles. The first-order valence-corrected chi connectivity index (χ1v) is 15.2. The lowest BCUT2D eigenvalue weighted by Crippen LogP contribution is -2.60. The maximum Gasteiger partial charge on any atom is 0.321 e. The average molecular weight is 498 g/mol. The fraction of sp³-hybridized carbons (Fsp3) is 0.933. The van der Waals surface area contributed by atoms with Gasteiger partial charge in [-0.15, -0.1) is 0 Å². The highest BCUT2D eigenvalue weighted by Crippen LogP contribution is 2.19. The van der Waals surface area contributed by atoms with Crippen LogP contribution in [-0.2, 0) is 9.59 Å². The van der Waals surface area contributed by atoms with Gasteiger partial charge in [-0.1, -0.05) is 136 Å². The number of nitrogens with zero attached hydrogens (tertiary/aromatic N) is 1. The van der Waals surface area contributed by atoms with Crippen LogP contribution in [0.25, 0.3) is 0 Å². The summed E-state index contributed by atoms with van der Waals surface area (Å²) in [6, 6.07) is 0. The Balaban J connectivity index is 4.28. The number of amides is 2. The smallest absolute Gasteiger partial charge is 0.321 e. The molecule has 0 aromatic carbocycles. The van der Waals surface area contributed by atoms with E-state index in [1.165, 1.54) is 89.9 Å². The third-order valence-corrected chi connectivity index (χ3v) is 7.40. The van der Waals surface area contributed by atoms with E-state index in [2.05, 4.69) is 13.8 Å². The molecule has 5 nitrogen and oxygen atoms in total. The number of rotatable bonds is 26. The van der Waals surface area contributed by atoms with Crippen molar-refractivity contribution < 1.29 is 24.3 Å². The first-order valence-electron chi connectivity index (χ1n) is 15.2. The number of unbranched alkanes of at least 4 members (excludes halogenated alkanes) is 18. The highest BCUT2D eigenvalue weighted by molar-refractivity contribution is 5.84. The zero-order valence-corrected chi connectivity index (χ0v) is 23.5. The molecule has 0 rings (SSSR count). The molecule has 0 saturated carbocycles. The minimum Gasteiger partial charge on any atom is -0.850 e. The van der Waals surface area contributed by atoms with Crippen LogP contribution < -0.4 is 5.11 Å². The summed E-state index contributed by atoms with van der Waals surface area (Å²) in [6.45, 7) is 3.79. The van der Waals surface area contributed by atoms with Crippen LogP contribution in [0.15, 0.2) is 0 Å². The molecule has 0 fully saturated rings. The maximum absolute atomic E-state index is 13.1. The fourth-order valence-corrected chi connectivity index (χ4v) is 5.03. The van der Waals surface area contributed by atoms with Gasteiger partial charge in [-0.3, -0.25) is 0 Å². The number of quaternary nitrogens is 1. The lowest BCUT2D eigenvalue weighted by molar-refractivity contribution is -0.788. The van der Waals surface area contributed by atoms with Gasteiger partial charge in [0.05, 0.1) is 26.0 Å². The molecule has 0 aromatic rings. The van der Waals surface area contributed by atoms with Crippen LogP contribution in [0.2, 0.25) is 0 Å². The predicted molar refractivity (Wildman–Crippen MR) is 145 cm³/mol. The quantitative estimate of drug-likeness (QED) is 0.105. The molecule has 1 unspecified atom stereocenters. The summed E-state index contributed by atoms with van der Waals surface area (Å²) in [6.07, 6.45) is 24.5. The van der Waals surface area contributed by atoms with Crippen molar-refractivity contribution in [2.24, 2.45) is 0 Å². The molecule has 0 aliphatic heterocycles. The lowest BCUT2D eigenvalue weighted by Gasteiger charge is -2.34. The molecule has 0 bridgehead atoms. The topological polar surface area (TPSA) is 77.4 Å². The van der Waals surface area contributed by atoms with E-state index >= 15 is 0 Å². The minimum atomic E-state index is -0.465. The molecule has 0 saturated heterocycles. The van der Waals surface area contributed by atoms with E-state index in [4.69, 9.17) is 0 Å². The van der Waals surface area contributed by atoms with Gasteiger partial charge in [-0.25, -0.2) is 9.59 Å². The second-order valence-electron chi connectivity index (χ2n) is 10.5. The van der Waals surface area contributed by atoms with Gasteiger partial charge in [0.15, 0.2) is 0 Å². The third kappa shape index (κ3) is 17.3. The Morgan fingerprint density at radius 3 is 1.14 bits per heavy atom. The van der Waals surface area contributed by atoms with E-state index in [1.807, 2.05) is 0 Å². The Morgan fingerprint density at radius 1 is 0.543 bits per heavy atom. The van der Waals surface area contributed by atoms with Crippen molar-refractivity contribution in [2.45, 2.75) is 155 Å². The Labute approximate surface area is 217 Å². The zero-order valence-electron chi connectivity index (χ0n) is 23.5. The highest BCUT2D eigenvalue weighted by Gasteiger charge is 2.41. The number of aliphatic hydroxyl groups is 1. The Kier molecular flexibility index (Phi) is 24.3. The van der Waals surface area contributed by atoms with E-state index in [9.17, 15) is 19.8 Å². The van der Waals surface area contributed by atoms with Gasteiger partial charge >= 0.3 is 11.8 Å². The Bertz CT molecular complexity index is 489. The van der Waals surface area contributed by atoms with E-state index in [0.29, 0.717) is 12.8 Å². The second kappa shape index (κ2) is 24.9. The molecule has 5 heteroatoms. The molecule has 1 atom stereocenters. The van der Waals surface area contributed by atoms with Crippen LogP contribution in [0.3, 0.4) is 0 Å². The minimum absolute atomic E-state index is 0.0202. The lowest BCUT2D eigenvalue weighted by atomic mass is 10.0. The maximum atomic E-state index is 13.1. The molecule has 0 radical (unpaired) electrons. The van der Waals surface area contributed by atoms with Crippen LogP contribution in [0.4, 0.5) is 0 Å². The molecular weight excluding hydrogens is 438 g/mol. The van der Waals surface area contributed by atoms with E-state index in [0.717, 1.165) is 38.5 Å². The van der Waals surface area contributed by atoms with Crippen molar-refractivity contribution in [1.29, 1.82) is 0 Å². The molecular formula is C30H59NO4. The number of imide groups is 1. The van der Waals surface area contributed by atoms with Crippen LogP contribution in [0.1, 0.15) is 155 Å². The normalized spacial score (nSPS) is 13.1. The van der Waals surface area contributed by atoms with Gasteiger partial charge in [0.2, 0.25) is 0 Å². The average Bonchev–Trinajstić information content (AvgIpc) is 2.85. The standard InChI is InChI=1S/C30H59NO4/c1-3-5-7-9-11-13-14-16-18-20-22-24-30(35)31(25-27-32,26-28-33)29(34)23-21-19-17-15-12-10-8-6-4-2/h32H,3-28H2,1-2H3. The van der Waals surface area contributed by atoms with Gasteiger partial charge < -0.3 is 10.2 Å². The predicted octanol–water partition coefficient (Wildman–Crippen LogP) is 6.83. The summed E-state index contributed by atoms with van der Waals surface area (Å²) in [5.74, 6) is -0.322. The SMILES string of the molecule is CCCCCCCCCCCCCC(=O)[N+](CC[O-])(CCO)C(=O)CCCCCCCCCCC. The van der Waals surface area contributed by atoms with Crippen LogP contribution in [-0.4, -0.2) is 47.7 Å². The number of hydrogen-bond acceptors (Lipinski definition) is 4. The van der Waals surface area contributed by atoms with Crippen LogP contribution >= 0.6 is 0 Å². The summed E-state index contributed by atoms with van der Waals surface area (Å²) in [4.78, 5) is 26.2. The number of carbonyl (C=O) groups excluding carboxylic acids is 2. The molecule has 208 valence electrons. The summed E-state index contributed by atoms with van der Waals surface area (Å²) >= 11 is 0. The van der Waals surface area contributed by atoms with Gasteiger partial charge in [0, 0.05) is 0 Å². The number of carbonyl (C=O) groups is 2. The van der Waals surface area contributed by atoms with Gasteiger partial charge in [0.25, 0.3) is 0 Å². The van der Waals surface area contributed by atoms with Crippen LogP contribution in [0.5, 0.6) is 0 Å². The fourth-order valence-electron chi connectivity index (χ4n) is 5.03. The zero-order chi connectivity index (χ0) is 26.0. The van der Waals surface area contributed by atoms with Crippen molar-refractivity contribution in [2.75, 3.05) is 26.3 Å². The van der Waals surface area contributed by atoms with Crippen molar-refractivity contribution >= 4 is 11.8 Å². The van der Waals surface area contributed by atoms with E-state index in [1.54, 1.807) is 0 Å². The molecule has 0 spiro atoms. The molecule has 0 heterocycles. The van der Waals surface area contributed by atoms with Crippen LogP contribution in [0, 0.1) is 0 Å². The number of aliphatic hydroxyl groups excluding tert-OH is 1. The third-order valence-electron chi connectivity index (χ3n) is 7.40. The largest absolute Gasteiger partial charge is 0.850 e. The van der Waals surface area contributed by atoms with E-state index in [-0.39, 0.29) is 31.5 Å². The van der Waals surface area contributed by atoms with E-state index < -0.39 is 11.1 Å². The Hall–Kier alpha value is -0.780. The van der Waals surface area contributed by atoms with Gasteiger partial charge in [0.1, 0.15) is 6.54 Å². The summed E-state index contributed by atoms with van der Waals surface area (Å²) < 4.78 is -0.436. The van der Waals surface area contributed by atoms with Crippen molar-refractivity contribution in [3.8, 4) is 0 Å². The molecule has 1 N–H and O–H groups in total. The van der Waals surface area contributed by atoms with Crippen molar-refractivity contribution in [3.05, 3.63) is 0 Å². The van der Waals surface area contributed by atoms with Gasteiger partial charge in [-0.05, 0) is 12.8 Å². The van der Waals surface area contributed by atoms with Crippen molar-refractivity contribution in [3.63, 3.8) is 0 Å². The van der Waals surface area contributed by atoms with Gasteiger partial charge in [-0.2, -0.15) is 4.48 Å². The molecule has 35 heavy (non-hydrogen) atoms. The monoisotopic (exact) mass is 497 g/mol. The number of hydrogen-bond donors (Lipinski definition) is 1. The summed E-state index contributed by atoms with van der Waals surface area (Å²) in [5, 5.41) is 21.1. The summed E-state index contributed by atoms with van der Waals surface area (Å²) in [7, 11) is 0. The second-order valence-corrected chi connectivity index (χ2v) is 10.5. The highest BCUT2D eigenvalue weighted by atomic mass is 16.3.